The Hall–Kier alpha value is -5.36. The summed E-state index contributed by atoms with van der Waals surface area (Å²) >= 11 is 8.43. The first-order valence-electron chi connectivity index (χ1n) is 14.7. The number of nitrogens with zero attached hydrogens (tertiary/aromatic N) is 4. The average molecular weight is 615 g/mol. The van der Waals surface area contributed by atoms with E-state index >= 15 is 0 Å². The molecular weight excluding hydrogens is 592 g/mol. The van der Waals surface area contributed by atoms with Crippen LogP contribution in [0.5, 0.6) is 0 Å². The van der Waals surface area contributed by atoms with Crippen LogP contribution in [0.25, 0.3) is 81.8 Å². The Morgan fingerprint density at radius 3 is 1.71 bits per heavy atom. The second kappa shape index (κ2) is 10.4. The monoisotopic (exact) mass is 614 g/mol. The number of benzene rings is 6. The predicted octanol–water partition coefficient (Wildman–Crippen LogP) is 11.0. The van der Waals surface area contributed by atoms with Crippen LogP contribution >= 0.6 is 22.9 Å². The van der Waals surface area contributed by atoms with Gasteiger partial charge in [0.1, 0.15) is 0 Å². The molecule has 0 aliphatic rings. The number of fused-ring (bicyclic) bond motifs is 7. The van der Waals surface area contributed by atoms with Crippen LogP contribution in [-0.2, 0) is 0 Å². The molecule has 9 rings (SSSR count). The zero-order valence-electron chi connectivity index (χ0n) is 23.9. The molecule has 212 valence electrons. The molecule has 0 aliphatic carbocycles. The minimum atomic E-state index is 0.631. The van der Waals surface area contributed by atoms with Gasteiger partial charge in [0.05, 0.1) is 15.7 Å². The van der Waals surface area contributed by atoms with E-state index in [9.17, 15) is 0 Å². The van der Waals surface area contributed by atoms with Gasteiger partial charge < -0.3 is 4.57 Å². The minimum absolute atomic E-state index is 0.631. The third-order valence-electron chi connectivity index (χ3n) is 8.32. The molecule has 6 heteroatoms. The molecule has 3 aromatic heterocycles. The van der Waals surface area contributed by atoms with Gasteiger partial charge in [0.2, 0.25) is 0 Å². The van der Waals surface area contributed by atoms with Crippen molar-refractivity contribution in [3.05, 3.63) is 145 Å². The Kier molecular flexibility index (Phi) is 6.01. The van der Waals surface area contributed by atoms with Crippen LogP contribution < -0.4 is 0 Å². The fourth-order valence-electron chi connectivity index (χ4n) is 6.22. The first-order chi connectivity index (χ1) is 22.2. The Balaban J connectivity index is 1.25. The summed E-state index contributed by atoms with van der Waals surface area (Å²) in [6, 6.07) is 47.9. The van der Waals surface area contributed by atoms with Crippen LogP contribution in [0, 0.1) is 0 Å². The second-order valence-electron chi connectivity index (χ2n) is 11.0. The highest BCUT2D eigenvalue weighted by Crippen LogP contribution is 2.43. The zero-order valence-corrected chi connectivity index (χ0v) is 25.4. The molecule has 0 spiro atoms. The molecule has 0 radical (unpaired) electrons. The van der Waals surface area contributed by atoms with Crippen molar-refractivity contribution in [1.29, 1.82) is 0 Å². The van der Waals surface area contributed by atoms with Gasteiger partial charge in [-0.2, -0.15) is 0 Å². The highest BCUT2D eigenvalue weighted by Gasteiger charge is 2.19. The van der Waals surface area contributed by atoms with Crippen LogP contribution in [-0.4, -0.2) is 19.5 Å². The topological polar surface area (TPSA) is 43.6 Å². The van der Waals surface area contributed by atoms with Crippen LogP contribution in [0.1, 0.15) is 0 Å². The van der Waals surface area contributed by atoms with Crippen LogP contribution in [0.15, 0.2) is 140 Å². The van der Waals surface area contributed by atoms with Crippen molar-refractivity contribution in [2.75, 3.05) is 0 Å². The van der Waals surface area contributed by atoms with Gasteiger partial charge in [0.15, 0.2) is 17.5 Å². The first-order valence-corrected chi connectivity index (χ1v) is 15.9. The minimum Gasteiger partial charge on any atom is -0.308 e. The standard InChI is InChI=1S/C39H23ClN4S/c40-27-17-20-29-31-21-22-32-30-13-7-8-14-34(30)45-36(32)35(31)44(33(29)23-27)28-18-15-26(16-19-28)39-42-37(24-9-3-1-4-10-24)41-38(43-39)25-11-5-2-6-12-25/h1-23H. The number of aromatic nitrogens is 4. The van der Waals surface area contributed by atoms with Gasteiger partial charge >= 0.3 is 0 Å². The molecule has 45 heavy (non-hydrogen) atoms. The van der Waals surface area contributed by atoms with E-state index in [-0.39, 0.29) is 0 Å². The van der Waals surface area contributed by atoms with E-state index in [1.54, 1.807) is 0 Å². The zero-order chi connectivity index (χ0) is 29.9. The summed E-state index contributed by atoms with van der Waals surface area (Å²) in [7, 11) is 0. The summed E-state index contributed by atoms with van der Waals surface area (Å²) in [6.07, 6.45) is 0. The van der Waals surface area contributed by atoms with Crippen molar-refractivity contribution >= 4 is 64.9 Å². The summed E-state index contributed by atoms with van der Waals surface area (Å²) in [6.45, 7) is 0. The molecule has 0 saturated carbocycles. The maximum atomic E-state index is 6.59. The molecule has 4 nitrogen and oxygen atoms in total. The van der Waals surface area contributed by atoms with Gasteiger partial charge in [-0.05, 0) is 42.5 Å². The third-order valence-corrected chi connectivity index (χ3v) is 9.75. The number of hydrogen-bond donors (Lipinski definition) is 0. The largest absolute Gasteiger partial charge is 0.308 e. The van der Waals surface area contributed by atoms with Crippen molar-refractivity contribution in [2.45, 2.75) is 0 Å². The van der Waals surface area contributed by atoms with Crippen molar-refractivity contribution in [3.63, 3.8) is 0 Å². The molecule has 0 fully saturated rings. The predicted molar refractivity (Wildman–Crippen MR) is 188 cm³/mol. The Morgan fingerprint density at radius 2 is 1.04 bits per heavy atom. The van der Waals surface area contributed by atoms with Crippen molar-refractivity contribution in [2.24, 2.45) is 0 Å². The van der Waals surface area contributed by atoms with E-state index in [4.69, 9.17) is 26.6 Å². The fourth-order valence-corrected chi connectivity index (χ4v) is 7.62. The Bertz CT molecular complexity index is 2480. The van der Waals surface area contributed by atoms with E-state index < -0.39 is 0 Å². The van der Waals surface area contributed by atoms with Gasteiger partial charge in [-0.25, -0.2) is 15.0 Å². The van der Waals surface area contributed by atoms with Crippen molar-refractivity contribution in [1.82, 2.24) is 19.5 Å². The number of thiophene rings is 1. The summed E-state index contributed by atoms with van der Waals surface area (Å²) in [5.74, 6) is 1.92. The van der Waals surface area contributed by atoms with Gasteiger partial charge in [-0.1, -0.05) is 109 Å². The lowest BCUT2D eigenvalue weighted by molar-refractivity contribution is 1.07. The summed E-state index contributed by atoms with van der Waals surface area (Å²) in [5.41, 5.74) is 6.13. The van der Waals surface area contributed by atoms with E-state index in [0.29, 0.717) is 22.5 Å². The lowest BCUT2D eigenvalue weighted by Gasteiger charge is -2.11. The number of hydrogen-bond acceptors (Lipinski definition) is 4. The third kappa shape index (κ3) is 4.32. The van der Waals surface area contributed by atoms with E-state index in [2.05, 4.69) is 77.4 Å². The summed E-state index contributed by atoms with van der Waals surface area (Å²) < 4.78 is 4.89. The lowest BCUT2D eigenvalue weighted by Crippen LogP contribution is -2.00. The molecule has 0 bridgehead atoms. The molecule has 3 heterocycles. The van der Waals surface area contributed by atoms with Gasteiger partial charge in [0, 0.05) is 53.6 Å². The Labute approximate surface area is 267 Å². The van der Waals surface area contributed by atoms with Gasteiger partial charge in [-0.15, -0.1) is 11.3 Å². The van der Waals surface area contributed by atoms with Crippen molar-refractivity contribution in [3.8, 4) is 39.9 Å². The molecule has 0 amide bonds. The maximum Gasteiger partial charge on any atom is 0.164 e. The summed E-state index contributed by atoms with van der Waals surface area (Å²) in [4.78, 5) is 14.7. The molecule has 0 aliphatic heterocycles. The average Bonchev–Trinajstić information content (AvgIpc) is 3.64. The molecule has 0 atom stereocenters. The van der Waals surface area contributed by atoms with Gasteiger partial charge in [-0.3, -0.25) is 0 Å². The maximum absolute atomic E-state index is 6.59. The van der Waals surface area contributed by atoms with Crippen molar-refractivity contribution < 1.29 is 0 Å². The molecule has 9 aromatic rings. The molecule has 0 unspecified atom stereocenters. The number of halogens is 1. The smallest absolute Gasteiger partial charge is 0.164 e. The van der Waals surface area contributed by atoms with Crippen LogP contribution in [0.4, 0.5) is 0 Å². The summed E-state index contributed by atoms with van der Waals surface area (Å²) in [5, 5.41) is 5.64. The highest BCUT2D eigenvalue weighted by molar-refractivity contribution is 7.26. The molecule has 6 aromatic carbocycles. The molecule has 0 saturated heterocycles. The highest BCUT2D eigenvalue weighted by atomic mass is 35.5. The first kappa shape index (κ1) is 26.1. The normalized spacial score (nSPS) is 11.7. The van der Waals surface area contributed by atoms with E-state index in [1.807, 2.05) is 78.1 Å². The Morgan fingerprint density at radius 1 is 0.489 bits per heavy atom. The van der Waals surface area contributed by atoms with E-state index in [0.717, 1.165) is 27.9 Å². The number of rotatable bonds is 4. The SMILES string of the molecule is Clc1ccc2c3ccc4c5ccccc5sc4c3n(-c3ccc(-c4nc(-c5ccccc5)nc(-c5ccccc5)n4)cc3)c2c1. The van der Waals surface area contributed by atoms with Crippen LogP contribution in [0.3, 0.4) is 0 Å². The van der Waals surface area contributed by atoms with E-state index in [1.165, 1.54) is 36.5 Å². The quantitative estimate of drug-likeness (QED) is 0.198. The van der Waals surface area contributed by atoms with Gasteiger partial charge in [0.25, 0.3) is 0 Å². The second-order valence-corrected chi connectivity index (χ2v) is 12.5. The van der Waals surface area contributed by atoms with Crippen LogP contribution in [0.2, 0.25) is 5.02 Å². The molecule has 0 N–H and O–H groups in total. The molecular formula is C39H23ClN4S. The fraction of sp³-hybridized carbons (Fsp3) is 0. The lowest BCUT2D eigenvalue weighted by atomic mass is 10.1.